The average molecular weight is 443 g/mol. The smallest absolute Gasteiger partial charge is 0.303 e. The van der Waals surface area contributed by atoms with Crippen molar-refractivity contribution in [3.8, 4) is 5.75 Å². The summed E-state index contributed by atoms with van der Waals surface area (Å²) in [4.78, 5) is 29.1. The van der Waals surface area contributed by atoms with Crippen molar-refractivity contribution in [1.29, 1.82) is 0 Å². The molecular formula is C21H21N3O6S. The molecule has 0 unspecified atom stereocenters. The Morgan fingerprint density at radius 1 is 1.10 bits per heavy atom. The van der Waals surface area contributed by atoms with E-state index in [1.807, 2.05) is 12.1 Å². The summed E-state index contributed by atoms with van der Waals surface area (Å²) < 4.78 is 30.5. The van der Waals surface area contributed by atoms with E-state index in [0.717, 1.165) is 5.39 Å². The predicted molar refractivity (Wildman–Crippen MR) is 113 cm³/mol. The highest BCUT2D eigenvalue weighted by Crippen LogP contribution is 2.22. The molecular weight excluding hydrogens is 422 g/mol. The SMILES string of the molecule is Cc1cc(S(=O)(=O)NNC(=O)c2ccc3ccccc3n2)ccc1OCCCC(=O)O. The van der Waals surface area contributed by atoms with Crippen molar-refractivity contribution in [2.45, 2.75) is 24.7 Å². The minimum Gasteiger partial charge on any atom is -0.493 e. The van der Waals surface area contributed by atoms with E-state index < -0.39 is 21.9 Å². The Balaban J connectivity index is 1.63. The quantitative estimate of drug-likeness (QED) is 0.341. The first kappa shape index (κ1) is 22.2. The summed E-state index contributed by atoms with van der Waals surface area (Å²) in [5, 5.41) is 9.50. The highest BCUT2D eigenvalue weighted by atomic mass is 32.2. The molecule has 0 aliphatic rings. The number of hydrazine groups is 1. The molecule has 0 atom stereocenters. The van der Waals surface area contributed by atoms with Gasteiger partial charge in [0.15, 0.2) is 0 Å². The highest BCUT2D eigenvalue weighted by Gasteiger charge is 2.18. The molecule has 0 fully saturated rings. The first-order valence-electron chi connectivity index (χ1n) is 9.39. The topological polar surface area (TPSA) is 135 Å². The Bertz CT molecular complexity index is 1230. The molecule has 0 spiro atoms. The second-order valence-corrected chi connectivity index (χ2v) is 8.40. The van der Waals surface area contributed by atoms with Crippen LogP contribution in [-0.4, -0.2) is 37.0 Å². The van der Waals surface area contributed by atoms with Gasteiger partial charge in [-0.1, -0.05) is 24.3 Å². The molecule has 1 amide bonds. The van der Waals surface area contributed by atoms with Gasteiger partial charge in [-0.2, -0.15) is 0 Å². The number of nitrogens with one attached hydrogen (secondary N) is 2. The summed E-state index contributed by atoms with van der Waals surface area (Å²) >= 11 is 0. The lowest BCUT2D eigenvalue weighted by Gasteiger charge is -2.12. The largest absolute Gasteiger partial charge is 0.493 e. The number of rotatable bonds is 9. The number of fused-ring (bicyclic) bond motifs is 1. The Labute approximate surface area is 179 Å². The maximum Gasteiger partial charge on any atom is 0.303 e. The van der Waals surface area contributed by atoms with E-state index in [9.17, 15) is 18.0 Å². The zero-order chi connectivity index (χ0) is 22.4. The number of carboxylic acids is 1. The number of nitrogens with zero attached hydrogens (tertiary/aromatic N) is 1. The maximum absolute atomic E-state index is 12.5. The summed E-state index contributed by atoms with van der Waals surface area (Å²) in [7, 11) is -4.02. The van der Waals surface area contributed by atoms with Crippen LogP contribution in [0.15, 0.2) is 59.5 Å². The molecule has 31 heavy (non-hydrogen) atoms. The van der Waals surface area contributed by atoms with Gasteiger partial charge in [0.05, 0.1) is 17.0 Å². The van der Waals surface area contributed by atoms with Gasteiger partial charge >= 0.3 is 5.97 Å². The lowest BCUT2D eigenvalue weighted by atomic mass is 10.2. The van der Waals surface area contributed by atoms with Crippen molar-refractivity contribution < 1.29 is 27.9 Å². The number of carbonyl (C=O) groups excluding carboxylic acids is 1. The Hall–Kier alpha value is -3.50. The third-order valence-corrected chi connectivity index (χ3v) is 5.62. The summed E-state index contributed by atoms with van der Waals surface area (Å²) in [6.45, 7) is 1.87. The van der Waals surface area contributed by atoms with Crippen LogP contribution in [0.3, 0.4) is 0 Å². The van der Waals surface area contributed by atoms with Crippen LogP contribution in [-0.2, 0) is 14.8 Å². The lowest BCUT2D eigenvalue weighted by Crippen LogP contribution is -2.41. The molecule has 0 aliphatic carbocycles. The third kappa shape index (κ3) is 5.77. The van der Waals surface area contributed by atoms with Gasteiger partial charge in [0, 0.05) is 11.8 Å². The maximum atomic E-state index is 12.5. The highest BCUT2D eigenvalue weighted by molar-refractivity contribution is 7.89. The molecule has 0 saturated heterocycles. The van der Waals surface area contributed by atoms with E-state index in [0.29, 0.717) is 23.3 Å². The Kier molecular flexibility index (Phi) is 6.83. The number of carbonyl (C=O) groups is 2. The van der Waals surface area contributed by atoms with Crippen LogP contribution < -0.4 is 15.0 Å². The summed E-state index contributed by atoms with van der Waals surface area (Å²) in [5.41, 5.74) is 3.41. The lowest BCUT2D eigenvalue weighted by molar-refractivity contribution is -0.137. The number of aromatic nitrogens is 1. The zero-order valence-corrected chi connectivity index (χ0v) is 17.5. The normalized spacial score (nSPS) is 11.3. The number of para-hydroxylation sites is 1. The van der Waals surface area contributed by atoms with Crippen LogP contribution in [0.4, 0.5) is 0 Å². The summed E-state index contributed by atoms with van der Waals surface area (Å²) in [6.07, 6.45) is 0.326. The van der Waals surface area contributed by atoms with Crippen LogP contribution >= 0.6 is 0 Å². The monoisotopic (exact) mass is 443 g/mol. The fourth-order valence-electron chi connectivity index (χ4n) is 2.79. The van der Waals surface area contributed by atoms with Gasteiger partial charge in [0.2, 0.25) is 0 Å². The van der Waals surface area contributed by atoms with Crippen LogP contribution in [0.2, 0.25) is 0 Å². The van der Waals surface area contributed by atoms with Crippen LogP contribution in [0.5, 0.6) is 5.75 Å². The number of carboxylic acid groups (broad SMARTS) is 1. The molecule has 3 aromatic rings. The molecule has 1 heterocycles. The molecule has 3 rings (SSSR count). The molecule has 0 bridgehead atoms. The number of aryl methyl sites for hydroxylation is 1. The van der Waals surface area contributed by atoms with Gasteiger partial charge in [-0.25, -0.2) is 13.4 Å². The first-order valence-corrected chi connectivity index (χ1v) is 10.9. The van der Waals surface area contributed by atoms with Crippen molar-refractivity contribution in [3.63, 3.8) is 0 Å². The average Bonchev–Trinajstić information content (AvgIpc) is 2.75. The molecule has 0 aliphatic heterocycles. The Morgan fingerprint density at radius 2 is 1.87 bits per heavy atom. The Morgan fingerprint density at radius 3 is 2.61 bits per heavy atom. The van der Waals surface area contributed by atoms with E-state index in [1.165, 1.54) is 24.3 Å². The van der Waals surface area contributed by atoms with Crippen molar-refractivity contribution >= 4 is 32.8 Å². The van der Waals surface area contributed by atoms with E-state index in [1.54, 1.807) is 25.1 Å². The zero-order valence-electron chi connectivity index (χ0n) is 16.7. The predicted octanol–water partition coefficient (Wildman–Crippen LogP) is 2.41. The van der Waals surface area contributed by atoms with E-state index in [-0.39, 0.29) is 23.6 Å². The number of amides is 1. The molecule has 9 nitrogen and oxygen atoms in total. The number of benzene rings is 2. The number of aliphatic carboxylic acids is 1. The van der Waals surface area contributed by atoms with Crippen molar-refractivity contribution in [1.82, 2.24) is 15.2 Å². The number of ether oxygens (including phenoxy) is 1. The molecule has 10 heteroatoms. The number of pyridine rings is 1. The summed E-state index contributed by atoms with van der Waals surface area (Å²) in [6, 6.07) is 14.7. The molecule has 162 valence electrons. The second-order valence-electron chi connectivity index (χ2n) is 6.72. The second kappa shape index (κ2) is 9.54. The van der Waals surface area contributed by atoms with Gasteiger partial charge in [-0.15, -0.1) is 4.83 Å². The van der Waals surface area contributed by atoms with Gasteiger partial charge in [-0.3, -0.25) is 15.0 Å². The first-order chi connectivity index (χ1) is 14.8. The summed E-state index contributed by atoms with van der Waals surface area (Å²) in [5.74, 6) is -1.15. The van der Waals surface area contributed by atoms with Gasteiger partial charge in [0.25, 0.3) is 15.9 Å². The fourth-order valence-corrected chi connectivity index (χ4v) is 3.71. The standard InChI is InChI=1S/C21H21N3O6S/c1-14-13-16(9-11-19(14)30-12-4-7-20(25)26)31(28,29)24-23-21(27)18-10-8-15-5-2-3-6-17(15)22-18/h2-3,5-6,8-11,13,24H,4,7,12H2,1H3,(H,23,27)(H,25,26). The van der Waals surface area contributed by atoms with Crippen LogP contribution in [0, 0.1) is 6.92 Å². The van der Waals surface area contributed by atoms with Gasteiger partial charge < -0.3 is 9.84 Å². The van der Waals surface area contributed by atoms with E-state index in [2.05, 4.69) is 15.2 Å². The molecule has 2 aromatic carbocycles. The van der Waals surface area contributed by atoms with Crippen molar-refractivity contribution in [3.05, 3.63) is 65.9 Å². The van der Waals surface area contributed by atoms with Gasteiger partial charge in [0.1, 0.15) is 11.4 Å². The number of hydrogen-bond donors (Lipinski definition) is 3. The van der Waals surface area contributed by atoms with Crippen LogP contribution in [0.1, 0.15) is 28.9 Å². The van der Waals surface area contributed by atoms with Gasteiger partial charge in [-0.05, 0) is 49.2 Å². The molecule has 0 radical (unpaired) electrons. The number of hydrogen-bond acceptors (Lipinski definition) is 6. The molecule has 1 aromatic heterocycles. The minimum absolute atomic E-state index is 0.0127. The minimum atomic E-state index is -4.02. The number of sulfonamides is 1. The third-order valence-electron chi connectivity index (χ3n) is 4.38. The van der Waals surface area contributed by atoms with E-state index >= 15 is 0 Å². The van der Waals surface area contributed by atoms with E-state index in [4.69, 9.17) is 9.84 Å². The molecule has 0 saturated carbocycles. The van der Waals surface area contributed by atoms with Crippen molar-refractivity contribution in [2.75, 3.05) is 6.61 Å². The van der Waals surface area contributed by atoms with Crippen molar-refractivity contribution in [2.24, 2.45) is 0 Å². The fraction of sp³-hybridized carbons (Fsp3) is 0.190. The van der Waals surface area contributed by atoms with Crippen LogP contribution in [0.25, 0.3) is 10.9 Å². The molecule has 3 N–H and O–H groups in total.